The van der Waals surface area contributed by atoms with Crippen LogP contribution in [0.4, 0.5) is 0 Å². The van der Waals surface area contributed by atoms with Crippen molar-refractivity contribution in [2.75, 3.05) is 13.7 Å². The quantitative estimate of drug-likeness (QED) is 0.894. The molecule has 1 aromatic carbocycles. The topological polar surface area (TPSA) is 53.1 Å². The van der Waals surface area contributed by atoms with E-state index in [1.165, 1.54) is 5.56 Å². The number of aromatic nitrogens is 2. The third-order valence-electron chi connectivity index (χ3n) is 3.15. The van der Waals surface area contributed by atoms with Gasteiger partial charge in [-0.05, 0) is 30.7 Å². The van der Waals surface area contributed by atoms with Crippen LogP contribution in [-0.4, -0.2) is 23.4 Å². The van der Waals surface area contributed by atoms with E-state index in [4.69, 9.17) is 10.5 Å². The SMILES string of the molecule is COc1ccc(C(CN)c2cc(C)nn2C)cc1. The molecule has 0 aliphatic heterocycles. The molecule has 1 heterocycles. The van der Waals surface area contributed by atoms with E-state index in [-0.39, 0.29) is 5.92 Å². The molecule has 0 aliphatic rings. The Hall–Kier alpha value is -1.81. The molecule has 0 bridgehead atoms. The fourth-order valence-corrected chi connectivity index (χ4v) is 2.22. The number of benzene rings is 1. The van der Waals surface area contributed by atoms with Crippen LogP contribution in [0.3, 0.4) is 0 Å². The molecular weight excluding hydrogens is 226 g/mol. The van der Waals surface area contributed by atoms with Gasteiger partial charge in [0.15, 0.2) is 0 Å². The van der Waals surface area contributed by atoms with Crippen LogP contribution in [0.15, 0.2) is 30.3 Å². The standard InChI is InChI=1S/C14H19N3O/c1-10-8-14(17(2)16-10)13(9-15)11-4-6-12(18-3)7-5-11/h4-8,13H,9,15H2,1-3H3. The van der Waals surface area contributed by atoms with Crippen LogP contribution in [0.2, 0.25) is 0 Å². The van der Waals surface area contributed by atoms with Gasteiger partial charge in [0, 0.05) is 25.2 Å². The van der Waals surface area contributed by atoms with Crippen molar-refractivity contribution in [1.29, 1.82) is 0 Å². The second-order valence-electron chi connectivity index (χ2n) is 4.40. The van der Waals surface area contributed by atoms with Crippen LogP contribution in [0.25, 0.3) is 0 Å². The van der Waals surface area contributed by atoms with E-state index in [0.29, 0.717) is 6.54 Å². The molecule has 4 heteroatoms. The molecular formula is C14H19N3O. The van der Waals surface area contributed by atoms with Crippen molar-refractivity contribution in [2.24, 2.45) is 12.8 Å². The maximum Gasteiger partial charge on any atom is 0.118 e. The summed E-state index contributed by atoms with van der Waals surface area (Å²) < 4.78 is 7.07. The Morgan fingerprint density at radius 3 is 2.44 bits per heavy atom. The third kappa shape index (κ3) is 2.38. The first-order valence-corrected chi connectivity index (χ1v) is 6.00. The Morgan fingerprint density at radius 1 is 1.33 bits per heavy atom. The highest BCUT2D eigenvalue weighted by molar-refractivity contribution is 5.34. The van der Waals surface area contributed by atoms with E-state index < -0.39 is 0 Å². The fourth-order valence-electron chi connectivity index (χ4n) is 2.22. The summed E-state index contributed by atoms with van der Waals surface area (Å²) in [6.45, 7) is 2.55. The summed E-state index contributed by atoms with van der Waals surface area (Å²) in [5.74, 6) is 1.03. The summed E-state index contributed by atoms with van der Waals surface area (Å²) >= 11 is 0. The van der Waals surface area contributed by atoms with Crippen molar-refractivity contribution in [1.82, 2.24) is 9.78 Å². The zero-order valence-corrected chi connectivity index (χ0v) is 11.1. The number of methoxy groups -OCH3 is 1. The first kappa shape index (κ1) is 12.6. The molecule has 1 unspecified atom stereocenters. The first-order chi connectivity index (χ1) is 8.65. The maximum absolute atomic E-state index is 5.91. The van der Waals surface area contributed by atoms with Gasteiger partial charge in [0.1, 0.15) is 5.75 Å². The van der Waals surface area contributed by atoms with E-state index in [2.05, 4.69) is 23.3 Å². The third-order valence-corrected chi connectivity index (χ3v) is 3.15. The molecule has 0 spiro atoms. The maximum atomic E-state index is 5.91. The number of hydrogen-bond acceptors (Lipinski definition) is 3. The van der Waals surface area contributed by atoms with Crippen LogP contribution < -0.4 is 10.5 Å². The van der Waals surface area contributed by atoms with E-state index in [0.717, 1.165) is 17.1 Å². The molecule has 2 N–H and O–H groups in total. The lowest BCUT2D eigenvalue weighted by atomic mass is 9.95. The highest BCUT2D eigenvalue weighted by Crippen LogP contribution is 2.25. The van der Waals surface area contributed by atoms with Crippen molar-refractivity contribution >= 4 is 0 Å². The molecule has 2 aromatic rings. The molecule has 0 saturated carbocycles. The van der Waals surface area contributed by atoms with Crippen LogP contribution in [0.5, 0.6) is 5.75 Å². The van der Waals surface area contributed by atoms with Gasteiger partial charge in [0.2, 0.25) is 0 Å². The van der Waals surface area contributed by atoms with Crippen LogP contribution in [-0.2, 0) is 7.05 Å². The zero-order chi connectivity index (χ0) is 13.1. The molecule has 96 valence electrons. The molecule has 1 aromatic heterocycles. The Balaban J connectivity index is 2.35. The minimum atomic E-state index is 0.169. The fraction of sp³-hybridized carbons (Fsp3) is 0.357. The van der Waals surface area contributed by atoms with Gasteiger partial charge in [-0.15, -0.1) is 0 Å². The Labute approximate surface area is 107 Å². The molecule has 18 heavy (non-hydrogen) atoms. The number of nitrogens with zero attached hydrogens (tertiary/aromatic N) is 2. The lowest BCUT2D eigenvalue weighted by Crippen LogP contribution is -2.17. The lowest BCUT2D eigenvalue weighted by Gasteiger charge is -2.16. The Morgan fingerprint density at radius 2 is 2.00 bits per heavy atom. The number of rotatable bonds is 4. The second-order valence-corrected chi connectivity index (χ2v) is 4.40. The van der Waals surface area contributed by atoms with Gasteiger partial charge in [0.05, 0.1) is 12.8 Å². The molecule has 0 saturated heterocycles. The number of hydrogen-bond donors (Lipinski definition) is 1. The van der Waals surface area contributed by atoms with Crippen molar-refractivity contribution < 1.29 is 4.74 Å². The molecule has 4 nitrogen and oxygen atoms in total. The first-order valence-electron chi connectivity index (χ1n) is 6.00. The monoisotopic (exact) mass is 245 g/mol. The van der Waals surface area contributed by atoms with Gasteiger partial charge in [-0.3, -0.25) is 4.68 Å². The van der Waals surface area contributed by atoms with E-state index >= 15 is 0 Å². The largest absolute Gasteiger partial charge is 0.497 e. The van der Waals surface area contributed by atoms with Crippen LogP contribution in [0.1, 0.15) is 22.9 Å². The lowest BCUT2D eigenvalue weighted by molar-refractivity contribution is 0.414. The number of nitrogens with two attached hydrogens (primary N) is 1. The Kier molecular flexibility index (Phi) is 3.67. The smallest absolute Gasteiger partial charge is 0.118 e. The molecule has 0 radical (unpaired) electrons. The van der Waals surface area contributed by atoms with Crippen molar-refractivity contribution in [3.8, 4) is 5.75 Å². The highest BCUT2D eigenvalue weighted by Gasteiger charge is 2.16. The molecule has 1 atom stereocenters. The predicted molar refractivity (Wildman–Crippen MR) is 71.8 cm³/mol. The highest BCUT2D eigenvalue weighted by atomic mass is 16.5. The average Bonchev–Trinajstić information content (AvgIpc) is 2.70. The average molecular weight is 245 g/mol. The number of aryl methyl sites for hydroxylation is 2. The van der Waals surface area contributed by atoms with Gasteiger partial charge in [-0.1, -0.05) is 12.1 Å². The number of ether oxygens (including phenoxy) is 1. The molecule has 0 amide bonds. The van der Waals surface area contributed by atoms with Gasteiger partial charge >= 0.3 is 0 Å². The van der Waals surface area contributed by atoms with E-state index in [9.17, 15) is 0 Å². The zero-order valence-electron chi connectivity index (χ0n) is 11.1. The summed E-state index contributed by atoms with van der Waals surface area (Å²) in [6.07, 6.45) is 0. The van der Waals surface area contributed by atoms with Crippen LogP contribution >= 0.6 is 0 Å². The summed E-state index contributed by atoms with van der Waals surface area (Å²) in [5, 5.41) is 4.38. The van der Waals surface area contributed by atoms with Gasteiger partial charge in [-0.25, -0.2) is 0 Å². The minimum absolute atomic E-state index is 0.169. The van der Waals surface area contributed by atoms with Gasteiger partial charge < -0.3 is 10.5 Å². The Bertz CT molecular complexity index is 516. The predicted octanol–water partition coefficient (Wildman–Crippen LogP) is 1.83. The molecule has 0 fully saturated rings. The van der Waals surface area contributed by atoms with Crippen molar-refractivity contribution in [3.63, 3.8) is 0 Å². The van der Waals surface area contributed by atoms with Crippen LogP contribution in [0, 0.1) is 6.92 Å². The summed E-state index contributed by atoms with van der Waals surface area (Å²) in [6, 6.07) is 10.1. The summed E-state index contributed by atoms with van der Waals surface area (Å²) in [4.78, 5) is 0. The summed E-state index contributed by atoms with van der Waals surface area (Å²) in [7, 11) is 3.62. The van der Waals surface area contributed by atoms with Crippen molar-refractivity contribution in [3.05, 3.63) is 47.3 Å². The molecule has 0 aliphatic carbocycles. The molecule has 2 rings (SSSR count). The second kappa shape index (κ2) is 5.23. The van der Waals surface area contributed by atoms with E-state index in [1.54, 1.807) is 7.11 Å². The van der Waals surface area contributed by atoms with Gasteiger partial charge in [-0.2, -0.15) is 5.10 Å². The van der Waals surface area contributed by atoms with Gasteiger partial charge in [0.25, 0.3) is 0 Å². The van der Waals surface area contributed by atoms with Crippen molar-refractivity contribution in [2.45, 2.75) is 12.8 Å². The minimum Gasteiger partial charge on any atom is -0.497 e. The summed E-state index contributed by atoms with van der Waals surface area (Å²) in [5.41, 5.74) is 9.25. The van der Waals surface area contributed by atoms with E-state index in [1.807, 2.05) is 30.8 Å². The normalized spacial score (nSPS) is 12.4.